The molecule has 0 aliphatic carbocycles. The molecule has 0 saturated heterocycles. The number of aromatic nitrogens is 1. The summed E-state index contributed by atoms with van der Waals surface area (Å²) in [6.07, 6.45) is 3.19. The number of nitrogens with zero attached hydrogens (tertiary/aromatic N) is 1. The predicted molar refractivity (Wildman–Crippen MR) is 82.5 cm³/mol. The van der Waals surface area contributed by atoms with E-state index in [0.29, 0.717) is 12.1 Å². The van der Waals surface area contributed by atoms with Gasteiger partial charge in [-0.3, -0.25) is 9.78 Å². The molecule has 0 aliphatic rings. The van der Waals surface area contributed by atoms with Gasteiger partial charge in [0.25, 0.3) is 5.91 Å². The maximum Gasteiger partial charge on any atom is 0.253 e. The van der Waals surface area contributed by atoms with Crippen LogP contribution in [0.1, 0.15) is 34.5 Å². The SMILES string of the molecule is CC(NC(=O)c1cccnc1)c1cccc(C#CCN)c1. The van der Waals surface area contributed by atoms with Crippen LogP contribution in [0.4, 0.5) is 0 Å². The summed E-state index contributed by atoms with van der Waals surface area (Å²) >= 11 is 0. The third-order valence-electron chi connectivity index (χ3n) is 2.99. The van der Waals surface area contributed by atoms with Gasteiger partial charge in [-0.1, -0.05) is 24.0 Å². The third kappa shape index (κ3) is 4.16. The number of rotatable bonds is 3. The van der Waals surface area contributed by atoms with Crippen molar-refractivity contribution in [3.05, 3.63) is 65.5 Å². The van der Waals surface area contributed by atoms with E-state index in [-0.39, 0.29) is 11.9 Å². The zero-order valence-corrected chi connectivity index (χ0v) is 11.8. The van der Waals surface area contributed by atoms with Gasteiger partial charge in [-0.05, 0) is 36.8 Å². The molecule has 1 amide bonds. The normalized spacial score (nSPS) is 11.1. The van der Waals surface area contributed by atoms with E-state index in [0.717, 1.165) is 11.1 Å². The van der Waals surface area contributed by atoms with Crippen LogP contribution in [0.2, 0.25) is 0 Å². The molecule has 0 saturated carbocycles. The number of amides is 1. The molecule has 0 fully saturated rings. The summed E-state index contributed by atoms with van der Waals surface area (Å²) in [5.74, 6) is 5.66. The minimum absolute atomic E-state index is 0.114. The lowest BCUT2D eigenvalue weighted by Gasteiger charge is -2.14. The molecular weight excluding hydrogens is 262 g/mol. The number of carbonyl (C=O) groups is 1. The van der Waals surface area contributed by atoms with E-state index in [9.17, 15) is 4.79 Å². The molecule has 2 rings (SSSR count). The molecule has 4 heteroatoms. The van der Waals surface area contributed by atoms with E-state index in [1.54, 1.807) is 24.5 Å². The summed E-state index contributed by atoms with van der Waals surface area (Å²) in [5, 5.41) is 2.94. The van der Waals surface area contributed by atoms with Gasteiger partial charge in [-0.2, -0.15) is 0 Å². The molecule has 1 aromatic carbocycles. The van der Waals surface area contributed by atoms with Crippen molar-refractivity contribution in [2.75, 3.05) is 6.54 Å². The molecule has 21 heavy (non-hydrogen) atoms. The topological polar surface area (TPSA) is 68.0 Å². The Hall–Kier alpha value is -2.64. The first kappa shape index (κ1) is 14.8. The van der Waals surface area contributed by atoms with Crippen molar-refractivity contribution in [3.63, 3.8) is 0 Å². The standard InChI is InChI=1S/C17H17N3O/c1-13(20-17(21)16-8-4-10-19-12-16)15-7-2-5-14(11-15)6-3-9-18/h2,4-5,7-8,10-13H,9,18H2,1H3,(H,20,21). The van der Waals surface area contributed by atoms with Gasteiger partial charge in [0.15, 0.2) is 0 Å². The maximum atomic E-state index is 12.1. The van der Waals surface area contributed by atoms with Crippen LogP contribution in [0.15, 0.2) is 48.8 Å². The van der Waals surface area contributed by atoms with Crippen LogP contribution < -0.4 is 11.1 Å². The molecule has 0 spiro atoms. The lowest BCUT2D eigenvalue weighted by Crippen LogP contribution is -2.26. The van der Waals surface area contributed by atoms with Crippen LogP contribution in [0.5, 0.6) is 0 Å². The molecule has 0 bridgehead atoms. The highest BCUT2D eigenvalue weighted by Crippen LogP contribution is 2.14. The van der Waals surface area contributed by atoms with Crippen molar-refractivity contribution in [2.24, 2.45) is 5.73 Å². The minimum Gasteiger partial charge on any atom is -0.345 e. The molecule has 1 heterocycles. The fourth-order valence-corrected chi connectivity index (χ4v) is 1.90. The second kappa shape index (κ2) is 7.22. The Morgan fingerprint density at radius 2 is 2.24 bits per heavy atom. The first-order chi connectivity index (χ1) is 10.2. The second-order valence-electron chi connectivity index (χ2n) is 4.57. The Morgan fingerprint density at radius 1 is 1.38 bits per heavy atom. The van der Waals surface area contributed by atoms with Gasteiger partial charge < -0.3 is 11.1 Å². The first-order valence-electron chi connectivity index (χ1n) is 6.70. The van der Waals surface area contributed by atoms with Crippen molar-refractivity contribution in [1.29, 1.82) is 0 Å². The zero-order valence-electron chi connectivity index (χ0n) is 11.8. The number of hydrogen-bond donors (Lipinski definition) is 2. The summed E-state index contributed by atoms with van der Waals surface area (Å²) < 4.78 is 0. The van der Waals surface area contributed by atoms with Gasteiger partial charge in [0, 0.05) is 18.0 Å². The lowest BCUT2D eigenvalue weighted by atomic mass is 10.0. The van der Waals surface area contributed by atoms with Gasteiger partial charge in [-0.25, -0.2) is 0 Å². The molecule has 1 atom stereocenters. The van der Waals surface area contributed by atoms with Crippen LogP contribution in [0, 0.1) is 11.8 Å². The molecule has 2 aromatic rings. The molecule has 1 aromatic heterocycles. The Kier molecular flexibility index (Phi) is 5.08. The Balaban J connectivity index is 2.10. The van der Waals surface area contributed by atoms with Crippen molar-refractivity contribution in [2.45, 2.75) is 13.0 Å². The fourth-order valence-electron chi connectivity index (χ4n) is 1.90. The number of nitrogens with one attached hydrogen (secondary N) is 1. The van der Waals surface area contributed by atoms with Crippen molar-refractivity contribution < 1.29 is 4.79 Å². The molecule has 3 N–H and O–H groups in total. The van der Waals surface area contributed by atoms with Crippen LogP contribution >= 0.6 is 0 Å². The zero-order chi connectivity index (χ0) is 15.1. The van der Waals surface area contributed by atoms with E-state index in [4.69, 9.17) is 5.73 Å². The Labute approximate surface area is 124 Å². The third-order valence-corrected chi connectivity index (χ3v) is 2.99. The van der Waals surface area contributed by atoms with Crippen molar-refractivity contribution >= 4 is 5.91 Å². The summed E-state index contributed by atoms with van der Waals surface area (Å²) in [4.78, 5) is 16.0. The van der Waals surface area contributed by atoms with E-state index >= 15 is 0 Å². The van der Waals surface area contributed by atoms with E-state index in [1.165, 1.54) is 0 Å². The molecule has 4 nitrogen and oxygen atoms in total. The van der Waals surface area contributed by atoms with Crippen molar-refractivity contribution in [1.82, 2.24) is 10.3 Å². The highest BCUT2D eigenvalue weighted by atomic mass is 16.1. The van der Waals surface area contributed by atoms with Gasteiger partial charge in [0.1, 0.15) is 0 Å². The number of benzene rings is 1. The smallest absolute Gasteiger partial charge is 0.253 e. The van der Waals surface area contributed by atoms with Gasteiger partial charge in [-0.15, -0.1) is 0 Å². The molecular formula is C17H17N3O. The van der Waals surface area contributed by atoms with E-state index in [1.807, 2.05) is 31.2 Å². The average molecular weight is 279 g/mol. The van der Waals surface area contributed by atoms with E-state index < -0.39 is 0 Å². The van der Waals surface area contributed by atoms with Crippen LogP contribution in [0.3, 0.4) is 0 Å². The molecule has 0 radical (unpaired) electrons. The highest BCUT2D eigenvalue weighted by Gasteiger charge is 2.11. The minimum atomic E-state index is -0.144. The monoisotopic (exact) mass is 279 g/mol. The molecule has 106 valence electrons. The Morgan fingerprint density at radius 3 is 2.95 bits per heavy atom. The summed E-state index contributed by atoms with van der Waals surface area (Å²) in [5.41, 5.74) is 7.80. The number of hydrogen-bond acceptors (Lipinski definition) is 3. The van der Waals surface area contributed by atoms with Gasteiger partial charge in [0.05, 0.1) is 18.2 Å². The number of carbonyl (C=O) groups excluding carboxylic acids is 1. The molecule has 1 unspecified atom stereocenters. The van der Waals surface area contributed by atoms with Gasteiger partial charge in [0.2, 0.25) is 0 Å². The highest BCUT2D eigenvalue weighted by molar-refractivity contribution is 5.94. The van der Waals surface area contributed by atoms with E-state index in [2.05, 4.69) is 22.1 Å². The van der Waals surface area contributed by atoms with Crippen LogP contribution in [-0.4, -0.2) is 17.4 Å². The average Bonchev–Trinajstić information content (AvgIpc) is 2.54. The second-order valence-corrected chi connectivity index (χ2v) is 4.57. The summed E-state index contributed by atoms with van der Waals surface area (Å²) in [6.45, 7) is 2.27. The van der Waals surface area contributed by atoms with Crippen LogP contribution in [-0.2, 0) is 0 Å². The largest absolute Gasteiger partial charge is 0.345 e. The fraction of sp³-hybridized carbons (Fsp3) is 0.176. The maximum absolute atomic E-state index is 12.1. The Bertz CT molecular complexity index is 671. The predicted octanol–water partition coefficient (Wildman–Crippen LogP) is 1.88. The lowest BCUT2D eigenvalue weighted by molar-refractivity contribution is 0.0939. The first-order valence-corrected chi connectivity index (χ1v) is 6.70. The number of nitrogens with two attached hydrogens (primary N) is 1. The molecule has 0 aliphatic heterocycles. The number of pyridine rings is 1. The van der Waals surface area contributed by atoms with Gasteiger partial charge >= 0.3 is 0 Å². The quantitative estimate of drug-likeness (QED) is 0.843. The summed E-state index contributed by atoms with van der Waals surface area (Å²) in [7, 11) is 0. The van der Waals surface area contributed by atoms with Crippen molar-refractivity contribution in [3.8, 4) is 11.8 Å². The van der Waals surface area contributed by atoms with Crippen LogP contribution in [0.25, 0.3) is 0 Å². The summed E-state index contributed by atoms with van der Waals surface area (Å²) in [6, 6.07) is 11.1.